The van der Waals surface area contributed by atoms with Gasteiger partial charge in [0, 0.05) is 38.8 Å². The zero-order valence-corrected chi connectivity index (χ0v) is 20.0. The summed E-state index contributed by atoms with van der Waals surface area (Å²) in [5.41, 5.74) is 1.31. The van der Waals surface area contributed by atoms with Gasteiger partial charge in [0.15, 0.2) is 5.13 Å². The van der Waals surface area contributed by atoms with Gasteiger partial charge in [-0.05, 0) is 25.5 Å². The Morgan fingerprint density at radius 2 is 2.03 bits per heavy atom. The number of carbonyl (C=O) groups is 1. The number of nitrogens with one attached hydrogen (secondary N) is 1. The molecule has 1 saturated heterocycles. The number of aliphatic hydroxyl groups excluding tert-OH is 1. The van der Waals surface area contributed by atoms with Gasteiger partial charge in [-0.25, -0.2) is 20.3 Å². The van der Waals surface area contributed by atoms with Crippen LogP contribution in [0.25, 0.3) is 0 Å². The first kappa shape index (κ1) is 23.4. The number of halogens is 1. The maximum Gasteiger partial charge on any atom is 0.289 e. The van der Waals surface area contributed by atoms with Crippen LogP contribution in [0.2, 0.25) is 5.02 Å². The number of aromatic nitrogens is 3. The van der Waals surface area contributed by atoms with Crippen LogP contribution in [-0.4, -0.2) is 70.2 Å². The van der Waals surface area contributed by atoms with Crippen molar-refractivity contribution in [1.29, 1.82) is 0 Å². The summed E-state index contributed by atoms with van der Waals surface area (Å²) in [4.78, 5) is 30.8. The summed E-state index contributed by atoms with van der Waals surface area (Å²) in [6.45, 7) is 7.97. The van der Waals surface area contributed by atoms with E-state index in [4.69, 9.17) is 16.7 Å². The predicted octanol–water partition coefficient (Wildman–Crippen LogP) is 3.14. The standard InChI is InChI=1S/C22H25ClN7O2S/c1-14-4-3-5-16(23)20(14)28-21(32)17-13-24-22(33-17)27-18-12-19(26-15(2)25-18)30-8-6-29(7-9-30)10-11-31/h3-5,12-13,31H,6-11H2,1-2H3,(H,24,25,26,27). The SMILES string of the molecule is Cc1nc(Nc2ncc(C(=O)[N]c3c(C)cccc3Cl)s2)cc(N2CCN(CCO)CC2)n1. The second-order valence-corrected chi connectivity index (χ2v) is 9.13. The zero-order chi connectivity index (χ0) is 23.4. The van der Waals surface area contributed by atoms with E-state index >= 15 is 0 Å². The van der Waals surface area contributed by atoms with Crippen LogP contribution in [0.3, 0.4) is 0 Å². The fourth-order valence-corrected chi connectivity index (χ4v) is 4.55. The largest absolute Gasteiger partial charge is 0.395 e. The van der Waals surface area contributed by atoms with E-state index in [2.05, 4.69) is 35.4 Å². The Kier molecular flexibility index (Phi) is 7.39. The number of amides is 1. The monoisotopic (exact) mass is 486 g/mol. The molecule has 173 valence electrons. The quantitative estimate of drug-likeness (QED) is 0.524. The van der Waals surface area contributed by atoms with Crippen LogP contribution in [-0.2, 0) is 0 Å². The highest BCUT2D eigenvalue weighted by Gasteiger charge is 2.20. The van der Waals surface area contributed by atoms with Gasteiger partial charge in [-0.15, -0.1) is 0 Å². The van der Waals surface area contributed by atoms with Crippen LogP contribution in [0.4, 0.5) is 22.5 Å². The molecule has 1 aliphatic heterocycles. The summed E-state index contributed by atoms with van der Waals surface area (Å²) in [6.07, 6.45) is 1.50. The van der Waals surface area contributed by atoms with Crippen molar-refractivity contribution >= 4 is 51.3 Å². The first-order chi connectivity index (χ1) is 15.9. The van der Waals surface area contributed by atoms with Crippen LogP contribution in [0, 0.1) is 13.8 Å². The number of piperazine rings is 1. The lowest BCUT2D eigenvalue weighted by atomic mass is 10.2. The number of hydrogen-bond acceptors (Lipinski definition) is 9. The Labute approximate surface area is 201 Å². The van der Waals surface area contributed by atoms with Gasteiger partial charge < -0.3 is 15.3 Å². The van der Waals surface area contributed by atoms with E-state index in [0.29, 0.717) is 38.9 Å². The average Bonchev–Trinajstić information content (AvgIpc) is 3.25. The van der Waals surface area contributed by atoms with Gasteiger partial charge in [0.1, 0.15) is 22.3 Å². The summed E-state index contributed by atoms with van der Waals surface area (Å²) in [5, 5.41) is 17.5. The van der Waals surface area contributed by atoms with Crippen molar-refractivity contribution in [2.45, 2.75) is 13.8 Å². The number of rotatable bonds is 7. The Morgan fingerprint density at radius 1 is 1.24 bits per heavy atom. The van der Waals surface area contributed by atoms with E-state index in [1.165, 1.54) is 17.5 Å². The second-order valence-electron chi connectivity index (χ2n) is 7.69. The fourth-order valence-electron chi connectivity index (χ4n) is 3.58. The van der Waals surface area contributed by atoms with E-state index in [0.717, 1.165) is 37.6 Å². The number of anilines is 3. The highest BCUT2D eigenvalue weighted by Crippen LogP contribution is 2.28. The molecule has 4 rings (SSSR count). The van der Waals surface area contributed by atoms with Gasteiger partial charge in [-0.1, -0.05) is 35.1 Å². The molecule has 0 aliphatic carbocycles. The summed E-state index contributed by atoms with van der Waals surface area (Å²) < 4.78 is 0. The molecule has 2 N–H and O–H groups in total. The van der Waals surface area contributed by atoms with Crippen molar-refractivity contribution in [3.8, 4) is 0 Å². The van der Waals surface area contributed by atoms with Gasteiger partial charge >= 0.3 is 0 Å². The highest BCUT2D eigenvalue weighted by molar-refractivity contribution is 7.17. The third-order valence-corrected chi connectivity index (χ3v) is 6.50. The number of thiazole rings is 1. The van der Waals surface area contributed by atoms with Crippen LogP contribution in [0.5, 0.6) is 0 Å². The van der Waals surface area contributed by atoms with Gasteiger partial charge in [0.2, 0.25) is 0 Å². The molecule has 1 amide bonds. The van der Waals surface area contributed by atoms with Crippen LogP contribution in [0.1, 0.15) is 21.1 Å². The van der Waals surface area contributed by atoms with Crippen LogP contribution >= 0.6 is 22.9 Å². The minimum absolute atomic E-state index is 0.171. The normalized spacial score (nSPS) is 14.4. The summed E-state index contributed by atoms with van der Waals surface area (Å²) in [5.74, 6) is 1.70. The topological polar surface area (TPSA) is 109 Å². The number of β-amino-alcohol motifs (C(OH)–C–C–N with tert-alkyl or cyclic N) is 1. The predicted molar refractivity (Wildman–Crippen MR) is 130 cm³/mol. The summed E-state index contributed by atoms with van der Waals surface area (Å²) in [7, 11) is 0. The first-order valence-corrected chi connectivity index (χ1v) is 11.8. The molecule has 1 aromatic carbocycles. The molecular formula is C22H25ClN7O2S. The van der Waals surface area contributed by atoms with E-state index in [9.17, 15) is 4.79 Å². The zero-order valence-electron chi connectivity index (χ0n) is 18.5. The molecule has 1 aliphatic rings. The lowest BCUT2D eigenvalue weighted by Gasteiger charge is -2.35. The number of aliphatic hydroxyl groups is 1. The number of para-hydroxylation sites is 1. The van der Waals surface area contributed by atoms with Crippen LogP contribution < -0.4 is 15.5 Å². The average molecular weight is 487 g/mol. The number of carbonyl (C=O) groups excluding carboxylic acids is 1. The third-order valence-electron chi connectivity index (χ3n) is 5.29. The van der Waals surface area contributed by atoms with Crippen molar-refractivity contribution in [2.75, 3.05) is 49.5 Å². The molecule has 11 heteroatoms. The van der Waals surface area contributed by atoms with Gasteiger partial charge in [0.05, 0.1) is 23.5 Å². The smallest absolute Gasteiger partial charge is 0.289 e. The second kappa shape index (κ2) is 10.4. The highest BCUT2D eigenvalue weighted by atomic mass is 35.5. The summed E-state index contributed by atoms with van der Waals surface area (Å²) in [6, 6.07) is 7.28. The summed E-state index contributed by atoms with van der Waals surface area (Å²) >= 11 is 7.40. The van der Waals surface area contributed by atoms with E-state index in [-0.39, 0.29) is 6.61 Å². The number of nitrogens with zero attached hydrogens (tertiary/aromatic N) is 6. The van der Waals surface area contributed by atoms with Gasteiger partial charge in [-0.2, -0.15) is 0 Å². The molecule has 0 bridgehead atoms. The van der Waals surface area contributed by atoms with Crippen molar-refractivity contribution < 1.29 is 9.90 Å². The minimum atomic E-state index is -0.392. The Morgan fingerprint density at radius 3 is 2.76 bits per heavy atom. The van der Waals surface area contributed by atoms with E-state index in [1.807, 2.05) is 32.0 Å². The molecule has 2 aromatic heterocycles. The molecule has 0 saturated carbocycles. The fraction of sp³-hybridized carbons (Fsp3) is 0.364. The van der Waals surface area contributed by atoms with Gasteiger partial charge in [-0.3, -0.25) is 9.69 Å². The molecule has 3 heterocycles. The Hall–Kier alpha value is -2.79. The van der Waals surface area contributed by atoms with Gasteiger partial charge in [0.25, 0.3) is 5.91 Å². The molecule has 9 nitrogen and oxygen atoms in total. The molecule has 0 unspecified atom stereocenters. The molecule has 1 fully saturated rings. The maximum atomic E-state index is 12.6. The molecule has 3 aromatic rings. The molecule has 0 atom stereocenters. The lowest BCUT2D eigenvalue weighted by Crippen LogP contribution is -2.47. The lowest BCUT2D eigenvalue weighted by molar-refractivity contribution is 0.0972. The molecule has 0 spiro atoms. The number of aryl methyl sites for hydroxylation is 2. The number of hydrogen-bond donors (Lipinski definition) is 2. The third kappa shape index (κ3) is 5.77. The molecular weight excluding hydrogens is 462 g/mol. The van der Waals surface area contributed by atoms with E-state index in [1.54, 1.807) is 6.07 Å². The van der Waals surface area contributed by atoms with Crippen molar-refractivity contribution in [1.82, 2.24) is 25.2 Å². The van der Waals surface area contributed by atoms with E-state index < -0.39 is 5.91 Å². The Bertz CT molecular complexity index is 1110. The maximum absolute atomic E-state index is 12.6. The van der Waals surface area contributed by atoms with Crippen molar-refractivity contribution in [2.24, 2.45) is 0 Å². The molecule has 1 radical (unpaired) electrons. The number of benzene rings is 1. The van der Waals surface area contributed by atoms with Crippen molar-refractivity contribution in [3.05, 3.63) is 51.7 Å². The minimum Gasteiger partial charge on any atom is -0.395 e. The first-order valence-electron chi connectivity index (χ1n) is 10.6. The Balaban J connectivity index is 1.43. The van der Waals surface area contributed by atoms with Crippen LogP contribution in [0.15, 0.2) is 30.5 Å². The van der Waals surface area contributed by atoms with Crippen molar-refractivity contribution in [3.63, 3.8) is 0 Å². The molecule has 33 heavy (non-hydrogen) atoms.